The van der Waals surface area contributed by atoms with Crippen molar-refractivity contribution in [2.45, 2.75) is 106 Å². The zero-order valence-electron chi connectivity index (χ0n) is 30.7. The van der Waals surface area contributed by atoms with Crippen molar-refractivity contribution in [1.29, 1.82) is 0 Å². The molecule has 2 radical (unpaired) electrons. The molecule has 5 aromatic rings. The van der Waals surface area contributed by atoms with Crippen molar-refractivity contribution >= 4 is 28.4 Å². The van der Waals surface area contributed by atoms with Crippen LogP contribution in [0.2, 0.25) is 0 Å². The van der Waals surface area contributed by atoms with Gasteiger partial charge in [0, 0.05) is 0 Å². The van der Waals surface area contributed by atoms with E-state index in [1.54, 1.807) is 0 Å². The Morgan fingerprint density at radius 2 is 0.911 bits per heavy atom. The average Bonchev–Trinajstić information content (AvgIpc) is 3.62. The molecule has 0 aliphatic heterocycles. The fraction of sp³-hybridized carbons (Fsp3) is 0.372. The van der Waals surface area contributed by atoms with E-state index in [9.17, 15) is 0 Å². The SMILES string of the molecule is CCc1cc2c(C(C)C)cc(C(C)C)cc2[cH-]1.CCc1cc2c(C(C)C)cc(C(C)C)cc2[cH-]1.[CH3-].[CH3-].[CH3-].[Si]=[Zr].[c-]1ccccc1. The second-order valence-electron chi connectivity index (χ2n) is 12.4. The maximum absolute atomic E-state index is 3.06. The molecule has 0 fully saturated rings. The van der Waals surface area contributed by atoms with Crippen LogP contribution in [-0.4, -0.2) is 6.88 Å². The normalized spacial score (nSPS) is 10.2. The third-order valence-corrected chi connectivity index (χ3v) is 7.87. The van der Waals surface area contributed by atoms with Gasteiger partial charge in [0.2, 0.25) is 0 Å². The van der Waals surface area contributed by atoms with Gasteiger partial charge >= 0.3 is 30.2 Å². The van der Waals surface area contributed by atoms with Crippen LogP contribution in [0.3, 0.4) is 0 Å². The van der Waals surface area contributed by atoms with E-state index in [2.05, 4.69) is 131 Å². The van der Waals surface area contributed by atoms with Gasteiger partial charge in [-0.25, -0.2) is 0 Å². The van der Waals surface area contributed by atoms with E-state index in [0.717, 1.165) is 12.8 Å². The first-order valence-electron chi connectivity index (χ1n) is 15.7. The molecule has 0 nitrogen and oxygen atoms in total. The third-order valence-electron chi connectivity index (χ3n) is 7.87. The topological polar surface area (TPSA) is 0 Å². The van der Waals surface area contributed by atoms with Crippen LogP contribution >= 0.6 is 0 Å². The molecule has 0 atom stereocenters. The number of benzene rings is 3. The molecule has 0 bridgehead atoms. The smallest absolute Gasteiger partial charge is 0.171 e. The molecule has 0 amide bonds. The standard InChI is InChI=1S/2C17H23.C6H5.3CH3.Si.Zr/c2*1-6-13-7-15-9-14(11(2)3)10-16(12(4)5)17(15)8-13;1-2-4-6-5-3-1;;;;;/h2*7-12H,6H2,1-5H3;1-5H;3*1H3;;/q6*-1;;. The molecule has 0 N–H and O–H groups in total. The van der Waals surface area contributed by atoms with E-state index in [-0.39, 0.29) is 22.3 Å². The van der Waals surface area contributed by atoms with Crippen molar-refractivity contribution in [2.75, 3.05) is 0 Å². The number of aryl methyl sites for hydroxylation is 2. The van der Waals surface area contributed by atoms with E-state index in [0.29, 0.717) is 23.7 Å². The van der Waals surface area contributed by atoms with Crippen LogP contribution in [0.25, 0.3) is 21.5 Å². The van der Waals surface area contributed by atoms with E-state index < -0.39 is 0 Å². The molecule has 0 heterocycles. The Morgan fingerprint density at radius 3 is 1.13 bits per heavy atom. The van der Waals surface area contributed by atoms with Crippen LogP contribution in [0.15, 0.2) is 78.9 Å². The van der Waals surface area contributed by atoms with Gasteiger partial charge in [-0.1, -0.05) is 104 Å². The van der Waals surface area contributed by atoms with Crippen LogP contribution in [0.1, 0.15) is 126 Å². The summed E-state index contributed by atoms with van der Waals surface area (Å²) in [4.78, 5) is 0. The second kappa shape index (κ2) is 22.5. The fourth-order valence-electron chi connectivity index (χ4n) is 5.24. The van der Waals surface area contributed by atoms with Gasteiger partial charge in [0.25, 0.3) is 0 Å². The Balaban J connectivity index is 0. The molecule has 0 unspecified atom stereocenters. The van der Waals surface area contributed by atoms with Gasteiger partial charge in [-0.05, 0) is 36.5 Å². The minimum atomic E-state index is 0. The predicted octanol–water partition coefficient (Wildman–Crippen LogP) is 13.2. The van der Waals surface area contributed by atoms with E-state index in [4.69, 9.17) is 0 Å². The van der Waals surface area contributed by atoms with E-state index in [1.165, 1.54) is 78.3 Å². The van der Waals surface area contributed by atoms with Crippen LogP contribution in [-0.2, 0) is 36.2 Å². The molecule has 45 heavy (non-hydrogen) atoms. The molecule has 2 heteroatoms. The van der Waals surface area contributed by atoms with Gasteiger partial charge in [-0.15, -0.1) is 56.9 Å². The van der Waals surface area contributed by atoms with Crippen molar-refractivity contribution in [3.05, 3.63) is 141 Å². The monoisotopic (exact) mass is 694 g/mol. The Labute approximate surface area is 296 Å². The molecule has 246 valence electrons. The number of rotatable bonds is 6. The fourth-order valence-corrected chi connectivity index (χ4v) is 5.24. The zero-order valence-corrected chi connectivity index (χ0v) is 34.2. The number of hydrogen-bond donors (Lipinski definition) is 0. The molecule has 0 aromatic heterocycles. The maximum atomic E-state index is 3.06. The predicted molar refractivity (Wildman–Crippen MR) is 204 cm³/mol. The van der Waals surface area contributed by atoms with Crippen LogP contribution in [0.4, 0.5) is 0 Å². The first-order chi connectivity index (χ1) is 20.0. The minimum Gasteiger partial charge on any atom is -0.184 e. The molecule has 0 aliphatic carbocycles. The summed E-state index contributed by atoms with van der Waals surface area (Å²) in [5, 5.41) is 5.77. The summed E-state index contributed by atoms with van der Waals surface area (Å²) in [7, 11) is 0. The third kappa shape index (κ3) is 13.0. The van der Waals surface area contributed by atoms with E-state index >= 15 is 0 Å². The summed E-state index contributed by atoms with van der Waals surface area (Å²) < 4.78 is 0. The van der Waals surface area contributed by atoms with Crippen molar-refractivity contribution < 1.29 is 23.3 Å². The Morgan fingerprint density at radius 1 is 0.556 bits per heavy atom. The first-order valence-corrected chi connectivity index (χ1v) is 19.9. The van der Waals surface area contributed by atoms with Crippen LogP contribution in [0, 0.1) is 28.3 Å². The Kier molecular flexibility index (Phi) is 22.5. The van der Waals surface area contributed by atoms with Gasteiger partial charge in [0.1, 0.15) is 0 Å². The van der Waals surface area contributed by atoms with E-state index in [1.807, 2.05) is 30.3 Å². The van der Waals surface area contributed by atoms with Gasteiger partial charge in [0.15, 0.2) is 0 Å². The van der Waals surface area contributed by atoms with Crippen molar-refractivity contribution in [3.63, 3.8) is 0 Å². The molecule has 0 saturated carbocycles. The van der Waals surface area contributed by atoms with Crippen molar-refractivity contribution in [1.82, 2.24) is 0 Å². The number of fused-ring (bicyclic) bond motifs is 2. The molecule has 0 aliphatic rings. The molecular weight excluding hydrogens is 636 g/mol. The largest absolute Gasteiger partial charge is 0.184 e. The minimum absolute atomic E-state index is 0. The summed E-state index contributed by atoms with van der Waals surface area (Å²) in [6.45, 7) is 25.8. The quantitative estimate of drug-likeness (QED) is 0.123. The van der Waals surface area contributed by atoms with Gasteiger partial charge in [0.05, 0.1) is 0 Å². The number of hydrogen-bond acceptors (Lipinski definition) is 0. The van der Waals surface area contributed by atoms with Crippen LogP contribution in [0.5, 0.6) is 0 Å². The summed E-state index contributed by atoms with van der Waals surface area (Å²) in [6.07, 6.45) is 2.26. The zero-order chi connectivity index (χ0) is 31.4. The van der Waals surface area contributed by atoms with Crippen molar-refractivity contribution in [2.24, 2.45) is 0 Å². The van der Waals surface area contributed by atoms with Gasteiger partial charge in [-0.3, -0.25) is 0 Å². The van der Waals surface area contributed by atoms with Crippen molar-refractivity contribution in [3.8, 4) is 0 Å². The first kappa shape index (κ1) is 45.1. The van der Waals surface area contributed by atoms with Crippen LogP contribution < -0.4 is 0 Å². The van der Waals surface area contributed by atoms with Gasteiger partial charge in [-0.2, -0.15) is 48.5 Å². The summed E-state index contributed by atoms with van der Waals surface area (Å²) in [5.74, 6) is 2.42. The van der Waals surface area contributed by atoms with Gasteiger partial charge < -0.3 is 22.3 Å². The second-order valence-corrected chi connectivity index (χ2v) is 12.4. The molecule has 0 spiro atoms. The maximum Gasteiger partial charge on any atom is -0.171 e. The summed E-state index contributed by atoms with van der Waals surface area (Å²) in [5.41, 5.74) is 8.87. The molecule has 0 saturated heterocycles. The summed E-state index contributed by atoms with van der Waals surface area (Å²) in [6, 6.07) is 31.5. The average molecular weight is 696 g/mol. The molecular formula is C43H60SiZr-6. The summed E-state index contributed by atoms with van der Waals surface area (Å²) >= 11 is 1.36. The molecule has 5 aromatic carbocycles. The Hall–Kier alpha value is -2.02. The molecule has 5 rings (SSSR count). The Bertz CT molecular complexity index is 1360.